The molecule has 4 aromatic rings. The Kier molecular flexibility index (Phi) is 4.15. The highest BCUT2D eigenvalue weighted by Crippen LogP contribution is 2.27. The number of anilines is 1. The molecule has 8 heteroatoms. The first-order chi connectivity index (χ1) is 13.4. The van der Waals surface area contributed by atoms with Crippen LogP contribution in [0.25, 0.3) is 22.5 Å². The van der Waals surface area contributed by atoms with Gasteiger partial charge >= 0.3 is 0 Å². The second-order valence-electron chi connectivity index (χ2n) is 6.34. The fourth-order valence-corrected chi connectivity index (χ4v) is 3.09. The quantitative estimate of drug-likeness (QED) is 0.569. The topological polar surface area (TPSA) is 116 Å². The van der Waals surface area contributed by atoms with Gasteiger partial charge in [0.1, 0.15) is 5.69 Å². The number of aryl methyl sites for hydroxylation is 2. The molecule has 28 heavy (non-hydrogen) atoms. The van der Waals surface area contributed by atoms with Crippen LogP contribution in [0.2, 0.25) is 0 Å². The van der Waals surface area contributed by atoms with E-state index in [1.165, 1.54) is 0 Å². The van der Waals surface area contributed by atoms with E-state index < -0.39 is 5.91 Å². The lowest BCUT2D eigenvalue weighted by Crippen LogP contribution is -2.14. The predicted molar refractivity (Wildman–Crippen MR) is 104 cm³/mol. The zero-order valence-electron chi connectivity index (χ0n) is 15.3. The highest BCUT2D eigenvalue weighted by Gasteiger charge is 2.20. The molecule has 2 amide bonds. The highest BCUT2D eigenvalue weighted by atomic mass is 16.3. The van der Waals surface area contributed by atoms with Gasteiger partial charge in [0.15, 0.2) is 11.4 Å². The van der Waals surface area contributed by atoms with Crippen LogP contribution in [-0.4, -0.2) is 26.6 Å². The average molecular weight is 375 g/mol. The number of rotatable bonds is 4. The third-order valence-electron chi connectivity index (χ3n) is 4.41. The van der Waals surface area contributed by atoms with Crippen molar-refractivity contribution in [1.82, 2.24) is 14.8 Å². The van der Waals surface area contributed by atoms with Crippen molar-refractivity contribution in [3.05, 3.63) is 65.5 Å². The molecule has 8 nitrogen and oxygen atoms in total. The maximum Gasteiger partial charge on any atom is 0.256 e. The molecule has 0 fully saturated rings. The number of fused-ring (bicyclic) bond motifs is 1. The normalized spacial score (nSPS) is 10.9. The molecule has 0 atom stereocenters. The summed E-state index contributed by atoms with van der Waals surface area (Å²) in [5.41, 5.74) is 8.41. The maximum atomic E-state index is 13.0. The summed E-state index contributed by atoms with van der Waals surface area (Å²) in [6.07, 6.45) is 1.55. The van der Waals surface area contributed by atoms with Crippen LogP contribution in [-0.2, 0) is 7.05 Å². The van der Waals surface area contributed by atoms with Crippen molar-refractivity contribution < 1.29 is 14.0 Å². The Hall–Kier alpha value is -3.94. The summed E-state index contributed by atoms with van der Waals surface area (Å²) >= 11 is 0. The fourth-order valence-electron chi connectivity index (χ4n) is 3.09. The SMILES string of the molecule is Cc1nn(C)c2nc(-c3ccco3)cc(C(=O)Nc3ccc(C(N)=O)cc3)c12. The van der Waals surface area contributed by atoms with Gasteiger partial charge in [-0.1, -0.05) is 0 Å². The molecule has 0 spiro atoms. The number of primary amides is 1. The molecule has 0 radical (unpaired) electrons. The molecule has 0 bridgehead atoms. The van der Waals surface area contributed by atoms with Crippen molar-refractivity contribution >= 4 is 28.5 Å². The summed E-state index contributed by atoms with van der Waals surface area (Å²) in [6.45, 7) is 1.83. The number of aromatic nitrogens is 3. The van der Waals surface area contributed by atoms with Crippen LogP contribution in [0.15, 0.2) is 53.1 Å². The van der Waals surface area contributed by atoms with Crippen LogP contribution >= 0.6 is 0 Å². The van der Waals surface area contributed by atoms with E-state index in [-0.39, 0.29) is 5.91 Å². The first-order valence-corrected chi connectivity index (χ1v) is 8.53. The van der Waals surface area contributed by atoms with E-state index in [9.17, 15) is 9.59 Å². The molecule has 3 aromatic heterocycles. The van der Waals surface area contributed by atoms with Gasteiger partial charge in [-0.25, -0.2) is 4.98 Å². The number of amides is 2. The fraction of sp³-hybridized carbons (Fsp3) is 0.100. The molecular weight excluding hydrogens is 358 g/mol. The number of pyridine rings is 1. The third-order valence-corrected chi connectivity index (χ3v) is 4.41. The van der Waals surface area contributed by atoms with Gasteiger partial charge in [0.25, 0.3) is 5.91 Å². The summed E-state index contributed by atoms with van der Waals surface area (Å²) in [5, 5.41) is 7.90. The Bertz CT molecular complexity index is 1190. The summed E-state index contributed by atoms with van der Waals surface area (Å²) in [6, 6.07) is 11.6. The van der Waals surface area contributed by atoms with Crippen molar-refractivity contribution in [3.8, 4) is 11.5 Å². The van der Waals surface area contributed by atoms with Gasteiger partial charge in [-0.05, 0) is 49.4 Å². The minimum atomic E-state index is -0.525. The molecular formula is C20H17N5O3. The molecule has 0 saturated carbocycles. The zero-order valence-corrected chi connectivity index (χ0v) is 15.3. The van der Waals surface area contributed by atoms with E-state index in [0.717, 1.165) is 0 Å². The highest BCUT2D eigenvalue weighted by molar-refractivity contribution is 6.13. The Labute approximate surface area is 160 Å². The Morgan fingerprint density at radius 2 is 1.93 bits per heavy atom. The summed E-state index contributed by atoms with van der Waals surface area (Å²) in [4.78, 5) is 28.8. The van der Waals surface area contributed by atoms with Crippen LogP contribution in [0, 0.1) is 6.92 Å². The van der Waals surface area contributed by atoms with E-state index >= 15 is 0 Å². The van der Waals surface area contributed by atoms with Gasteiger partial charge in [-0.2, -0.15) is 5.10 Å². The van der Waals surface area contributed by atoms with Crippen LogP contribution in [0.4, 0.5) is 5.69 Å². The number of furan rings is 1. The molecule has 0 aliphatic rings. The lowest BCUT2D eigenvalue weighted by atomic mass is 10.1. The third kappa shape index (κ3) is 3.01. The molecule has 4 rings (SSSR count). The zero-order chi connectivity index (χ0) is 19.8. The smallest absolute Gasteiger partial charge is 0.256 e. The van der Waals surface area contributed by atoms with E-state index in [0.29, 0.717) is 45.0 Å². The molecule has 140 valence electrons. The van der Waals surface area contributed by atoms with Crippen molar-refractivity contribution in [3.63, 3.8) is 0 Å². The second kappa shape index (κ2) is 6.66. The lowest BCUT2D eigenvalue weighted by Gasteiger charge is -2.09. The van der Waals surface area contributed by atoms with Crippen molar-refractivity contribution in [2.75, 3.05) is 5.32 Å². The molecule has 0 aliphatic heterocycles. The van der Waals surface area contributed by atoms with Crippen LogP contribution in [0.3, 0.4) is 0 Å². The van der Waals surface area contributed by atoms with Crippen molar-refractivity contribution in [2.24, 2.45) is 12.8 Å². The Morgan fingerprint density at radius 3 is 2.57 bits per heavy atom. The van der Waals surface area contributed by atoms with E-state index in [4.69, 9.17) is 10.2 Å². The first kappa shape index (κ1) is 17.5. The molecule has 0 unspecified atom stereocenters. The number of carbonyl (C=O) groups excluding carboxylic acids is 2. The molecule has 3 heterocycles. The maximum absolute atomic E-state index is 13.0. The first-order valence-electron chi connectivity index (χ1n) is 8.53. The standard InChI is InChI=1S/C20H17N5O3/c1-11-17-14(20(27)22-13-7-5-12(6-8-13)18(21)26)10-15(16-4-3-9-28-16)23-19(17)25(2)24-11/h3-10H,1-2H3,(H2,21,26)(H,22,27). The number of nitrogens with two attached hydrogens (primary N) is 1. The minimum Gasteiger partial charge on any atom is -0.463 e. The van der Waals surface area contributed by atoms with Crippen molar-refractivity contribution in [2.45, 2.75) is 6.92 Å². The number of nitrogens with zero attached hydrogens (tertiary/aromatic N) is 3. The van der Waals surface area contributed by atoms with E-state index in [1.807, 2.05) is 6.92 Å². The summed E-state index contributed by atoms with van der Waals surface area (Å²) < 4.78 is 7.07. The summed E-state index contributed by atoms with van der Waals surface area (Å²) in [5.74, 6) is -0.286. The molecule has 1 aromatic carbocycles. The molecule has 0 saturated heterocycles. The Morgan fingerprint density at radius 1 is 1.18 bits per heavy atom. The van der Waals surface area contributed by atoms with Gasteiger partial charge < -0.3 is 15.5 Å². The number of hydrogen-bond acceptors (Lipinski definition) is 5. The largest absolute Gasteiger partial charge is 0.463 e. The molecule has 0 aliphatic carbocycles. The van der Waals surface area contributed by atoms with Crippen LogP contribution in [0.1, 0.15) is 26.4 Å². The van der Waals surface area contributed by atoms with Gasteiger partial charge in [0, 0.05) is 18.3 Å². The monoisotopic (exact) mass is 375 g/mol. The van der Waals surface area contributed by atoms with E-state index in [2.05, 4.69) is 15.4 Å². The number of benzene rings is 1. The summed E-state index contributed by atoms with van der Waals surface area (Å²) in [7, 11) is 1.78. The average Bonchev–Trinajstić information content (AvgIpc) is 3.30. The minimum absolute atomic E-state index is 0.317. The Balaban J connectivity index is 1.78. The van der Waals surface area contributed by atoms with Crippen LogP contribution < -0.4 is 11.1 Å². The van der Waals surface area contributed by atoms with Gasteiger partial charge in [0.05, 0.1) is 22.9 Å². The lowest BCUT2D eigenvalue weighted by molar-refractivity contribution is 0.0998. The number of hydrogen-bond donors (Lipinski definition) is 2. The van der Waals surface area contributed by atoms with E-state index in [1.54, 1.807) is 60.5 Å². The number of nitrogens with one attached hydrogen (secondary N) is 1. The van der Waals surface area contributed by atoms with Gasteiger partial charge in [0.2, 0.25) is 5.91 Å². The van der Waals surface area contributed by atoms with Crippen molar-refractivity contribution in [1.29, 1.82) is 0 Å². The molecule has 3 N–H and O–H groups in total. The predicted octanol–water partition coefficient (Wildman–Crippen LogP) is 2.89. The number of carbonyl (C=O) groups is 2. The van der Waals surface area contributed by atoms with Gasteiger partial charge in [-0.15, -0.1) is 0 Å². The van der Waals surface area contributed by atoms with Gasteiger partial charge in [-0.3, -0.25) is 14.3 Å². The van der Waals surface area contributed by atoms with Crippen LogP contribution in [0.5, 0.6) is 0 Å². The second-order valence-corrected chi connectivity index (χ2v) is 6.34.